The topological polar surface area (TPSA) is 92.3 Å². The van der Waals surface area contributed by atoms with Crippen LogP contribution in [0.5, 0.6) is 0 Å². The lowest BCUT2D eigenvalue weighted by atomic mass is 9.99. The van der Waals surface area contributed by atoms with Crippen LogP contribution in [0, 0.1) is 0 Å². The van der Waals surface area contributed by atoms with Crippen molar-refractivity contribution in [3.8, 4) is 0 Å². The second-order valence-electron chi connectivity index (χ2n) is 23.4. The minimum atomic E-state index is -2.35. The van der Waals surface area contributed by atoms with Crippen LogP contribution >= 0.6 is 0 Å². The van der Waals surface area contributed by atoms with Crippen LogP contribution < -0.4 is 0 Å². The fourth-order valence-electron chi connectivity index (χ4n) is 9.80. The molecule has 0 spiro atoms. The van der Waals surface area contributed by atoms with Crippen molar-refractivity contribution >= 4 is 8.32 Å². The first-order chi connectivity index (χ1) is 42.0. The Morgan fingerprint density at radius 3 is 0.698 bits per heavy atom. The number of ether oxygens (including phenoxy) is 9. The Hall–Kier alpha value is -6.42. The predicted octanol–water partition coefficient (Wildman–Crippen LogP) is 16.1. The van der Waals surface area contributed by atoms with Gasteiger partial charge in [0, 0.05) is 0 Å². The maximum absolute atomic E-state index is 7.33. The zero-order chi connectivity index (χ0) is 60.1. The molecule has 86 heavy (non-hydrogen) atoms. The van der Waals surface area contributed by atoms with Gasteiger partial charge in [0.05, 0.1) is 78.8 Å². The summed E-state index contributed by atoms with van der Waals surface area (Å²) in [5, 5.41) is -0.0751. The van der Waals surface area contributed by atoms with Gasteiger partial charge in [0.25, 0.3) is 0 Å². The molecule has 0 bridgehead atoms. The number of hydrogen-bond donors (Lipinski definition) is 0. The summed E-state index contributed by atoms with van der Waals surface area (Å²) in [6.07, 6.45) is -4.69. The first kappa shape index (κ1) is 65.5. The molecule has 0 radical (unpaired) electrons. The third kappa shape index (κ3) is 21.8. The molecule has 0 saturated heterocycles. The van der Waals surface area contributed by atoms with Gasteiger partial charge in [-0.2, -0.15) is 0 Å². The Morgan fingerprint density at radius 1 is 0.279 bits per heavy atom. The maximum atomic E-state index is 7.33. The Labute approximate surface area is 513 Å². The van der Waals surface area contributed by atoms with E-state index in [-0.39, 0.29) is 57.9 Å². The molecule has 0 saturated carbocycles. The van der Waals surface area contributed by atoms with E-state index >= 15 is 0 Å². The van der Waals surface area contributed by atoms with Crippen molar-refractivity contribution < 1.29 is 47.1 Å². The van der Waals surface area contributed by atoms with Gasteiger partial charge in [0.15, 0.2) is 8.32 Å². The minimum Gasteiger partial charge on any atom is -0.414 e. The quantitative estimate of drug-likeness (QED) is 0.0348. The van der Waals surface area contributed by atoms with E-state index in [1.54, 1.807) is 0 Å². The number of rotatable bonds is 38. The summed E-state index contributed by atoms with van der Waals surface area (Å²) in [6.45, 7) is 16.3. The summed E-state index contributed by atoms with van der Waals surface area (Å²) in [7, 11) is -2.35. The Morgan fingerprint density at radius 2 is 0.477 bits per heavy atom. The van der Waals surface area contributed by atoms with Crippen LogP contribution in [-0.4, -0.2) is 77.0 Å². The second kappa shape index (κ2) is 35.4. The van der Waals surface area contributed by atoms with Gasteiger partial charge in [-0.25, -0.2) is 0 Å². The molecule has 0 unspecified atom stereocenters. The van der Waals surface area contributed by atoms with Crippen LogP contribution in [-0.2, 0) is 99.9 Å². The average Bonchev–Trinajstić information content (AvgIpc) is 3.36. The molecule has 0 fully saturated rings. The fourth-order valence-corrected chi connectivity index (χ4v) is 10.8. The zero-order valence-corrected chi connectivity index (χ0v) is 52.3. The SMILES string of the molecule is CC[C@@H](OCc1ccccc1)[C@@H](OCc1ccccc1)[C@H](OCc1ccccc1)[C@@H](COC[C@@H](OCc1ccccc1)[C@@H](OCc1ccccc1)[C@H](OCc1ccccc1)[C@@H](CO[Si](C)(C)C(C)(C)C)OCc1ccccc1)OCc1ccccc1. The number of benzene rings is 8. The van der Waals surface area contributed by atoms with E-state index in [1.165, 1.54) is 0 Å². The van der Waals surface area contributed by atoms with E-state index in [2.05, 4.69) is 138 Å². The largest absolute Gasteiger partial charge is 0.414 e. The predicted molar refractivity (Wildman–Crippen MR) is 344 cm³/mol. The fraction of sp³-hybridized carbons (Fsp3) is 0.360. The molecule has 0 N–H and O–H groups in total. The van der Waals surface area contributed by atoms with Gasteiger partial charge in [0.2, 0.25) is 0 Å². The molecule has 8 aromatic rings. The van der Waals surface area contributed by atoms with E-state index in [0.29, 0.717) is 26.2 Å². The molecular formula is C75H90O10Si. The highest BCUT2D eigenvalue weighted by Gasteiger charge is 2.44. The molecule has 454 valence electrons. The van der Waals surface area contributed by atoms with Gasteiger partial charge in [-0.1, -0.05) is 270 Å². The molecule has 8 atom stereocenters. The molecule has 8 rings (SSSR count). The van der Waals surface area contributed by atoms with Gasteiger partial charge in [-0.05, 0) is 69.1 Å². The summed E-state index contributed by atoms with van der Waals surface area (Å²) in [6, 6.07) is 81.8. The standard InChI is InChI=1S/C75H90O10Si/c1-7-67(77-48-59-32-16-8-17-33-59)71(81-52-63-40-24-12-25-41-63)72(82-53-64-42-26-13-27-43-64)68(78-49-60-34-18-9-19-35-60)56-76-57-69(79-50-61-36-20-10-21-37-61)73(83-54-65-44-28-14-29-45-65)74(84-55-66-46-30-15-31-47-66)70(58-85-86(5,6)75(2,3)4)80-51-62-38-22-11-23-39-62/h8-47,67-74H,7,48-58H2,1-6H3/t67-,68-,69-,70-,71-,72-,73-,74-/m1/s1. The summed E-state index contributed by atoms with van der Waals surface area (Å²) < 4.78 is 71.9. The number of hydrogen-bond acceptors (Lipinski definition) is 10. The minimum absolute atomic E-state index is 0.0693. The lowest BCUT2D eigenvalue weighted by Crippen LogP contribution is -2.54. The normalized spacial score (nSPS) is 14.8. The van der Waals surface area contributed by atoms with E-state index in [4.69, 9.17) is 47.1 Å². The molecule has 8 aromatic carbocycles. The second-order valence-corrected chi connectivity index (χ2v) is 28.2. The van der Waals surface area contributed by atoms with E-state index in [0.717, 1.165) is 44.5 Å². The van der Waals surface area contributed by atoms with E-state index in [1.807, 2.05) is 146 Å². The molecule has 0 heterocycles. The highest BCUT2D eigenvalue weighted by atomic mass is 28.4. The van der Waals surface area contributed by atoms with Crippen molar-refractivity contribution in [1.29, 1.82) is 0 Å². The highest BCUT2D eigenvalue weighted by molar-refractivity contribution is 6.74. The summed E-state index contributed by atoms with van der Waals surface area (Å²) >= 11 is 0. The molecule has 0 aliphatic rings. The average molecular weight is 1180 g/mol. The Kier molecular flexibility index (Phi) is 27.0. The van der Waals surface area contributed by atoms with Crippen LogP contribution in [0.1, 0.15) is 78.6 Å². The van der Waals surface area contributed by atoms with E-state index < -0.39 is 57.1 Å². The van der Waals surface area contributed by atoms with Gasteiger partial charge >= 0.3 is 0 Å². The zero-order valence-electron chi connectivity index (χ0n) is 51.3. The third-order valence-corrected chi connectivity index (χ3v) is 20.4. The van der Waals surface area contributed by atoms with Gasteiger partial charge in [0.1, 0.15) is 42.7 Å². The van der Waals surface area contributed by atoms with Crippen molar-refractivity contribution in [3.63, 3.8) is 0 Å². The van der Waals surface area contributed by atoms with Crippen molar-refractivity contribution in [1.82, 2.24) is 0 Å². The molecule has 0 aliphatic heterocycles. The smallest absolute Gasteiger partial charge is 0.192 e. The van der Waals surface area contributed by atoms with Crippen LogP contribution in [0.2, 0.25) is 18.1 Å². The molecule has 10 nitrogen and oxygen atoms in total. The van der Waals surface area contributed by atoms with Crippen molar-refractivity contribution in [2.45, 2.75) is 154 Å². The highest BCUT2D eigenvalue weighted by Crippen LogP contribution is 2.37. The van der Waals surface area contributed by atoms with Crippen molar-refractivity contribution in [3.05, 3.63) is 287 Å². The third-order valence-electron chi connectivity index (χ3n) is 15.9. The van der Waals surface area contributed by atoms with Crippen LogP contribution in [0.25, 0.3) is 0 Å². The molecular weight excluding hydrogens is 1090 g/mol. The Bertz CT molecular complexity index is 3010. The van der Waals surface area contributed by atoms with Crippen molar-refractivity contribution in [2.24, 2.45) is 0 Å². The van der Waals surface area contributed by atoms with Crippen molar-refractivity contribution in [2.75, 3.05) is 19.8 Å². The summed E-state index contributed by atoms with van der Waals surface area (Å²) in [4.78, 5) is 0. The summed E-state index contributed by atoms with van der Waals surface area (Å²) in [5.74, 6) is 0. The molecule has 0 aliphatic carbocycles. The first-order valence-corrected chi connectivity index (χ1v) is 33.4. The molecule has 0 aromatic heterocycles. The molecule has 11 heteroatoms. The Balaban J connectivity index is 1.21. The van der Waals surface area contributed by atoms with Crippen LogP contribution in [0.4, 0.5) is 0 Å². The lowest BCUT2D eigenvalue weighted by molar-refractivity contribution is -0.215. The van der Waals surface area contributed by atoms with Crippen LogP contribution in [0.3, 0.4) is 0 Å². The summed E-state index contributed by atoms with van der Waals surface area (Å²) in [5.41, 5.74) is 8.13. The van der Waals surface area contributed by atoms with E-state index in [9.17, 15) is 0 Å². The van der Waals surface area contributed by atoms with Gasteiger partial charge in [-0.15, -0.1) is 0 Å². The molecule has 0 amide bonds. The van der Waals surface area contributed by atoms with Gasteiger partial charge < -0.3 is 47.1 Å². The lowest BCUT2D eigenvalue weighted by Gasteiger charge is -2.41. The van der Waals surface area contributed by atoms with Crippen LogP contribution in [0.15, 0.2) is 243 Å². The monoisotopic (exact) mass is 1180 g/mol. The first-order valence-electron chi connectivity index (χ1n) is 30.5. The maximum Gasteiger partial charge on any atom is 0.192 e. The van der Waals surface area contributed by atoms with Gasteiger partial charge in [-0.3, -0.25) is 0 Å².